The van der Waals surface area contributed by atoms with Crippen molar-refractivity contribution in [3.8, 4) is 0 Å². The van der Waals surface area contributed by atoms with E-state index in [0.29, 0.717) is 12.5 Å². The predicted octanol–water partition coefficient (Wildman–Crippen LogP) is 2.93. The van der Waals surface area contributed by atoms with E-state index in [0.717, 1.165) is 12.1 Å². The molecule has 0 bridgehead atoms. The van der Waals surface area contributed by atoms with Gasteiger partial charge in [0.15, 0.2) is 14.7 Å². The van der Waals surface area contributed by atoms with Crippen LogP contribution in [0.25, 0.3) is 0 Å². The maximum Gasteiger partial charge on any atom is 0.416 e. The lowest BCUT2D eigenvalue weighted by molar-refractivity contribution is -0.137. The van der Waals surface area contributed by atoms with Gasteiger partial charge in [-0.25, -0.2) is 8.42 Å². The van der Waals surface area contributed by atoms with Crippen LogP contribution in [0.15, 0.2) is 34.9 Å². The monoisotopic (exact) mass is 377 g/mol. The number of hydrogen-bond donors (Lipinski definition) is 2. The number of sulfone groups is 1. The zero-order valence-electron chi connectivity index (χ0n) is 13.6. The lowest BCUT2D eigenvalue weighted by Gasteiger charge is -2.12. The quantitative estimate of drug-likeness (QED) is 0.826. The Bertz CT molecular complexity index is 813. The molecule has 0 saturated carbocycles. The van der Waals surface area contributed by atoms with Crippen LogP contribution in [-0.2, 0) is 26.6 Å². The number of halogens is 3. The first-order valence-electron chi connectivity index (χ1n) is 7.54. The topological polar surface area (TPSA) is 83.5 Å². The fourth-order valence-corrected chi connectivity index (χ4v) is 4.20. The van der Waals surface area contributed by atoms with E-state index in [4.69, 9.17) is 0 Å². The van der Waals surface area contributed by atoms with Gasteiger partial charge in [0.25, 0.3) is 5.91 Å². The summed E-state index contributed by atoms with van der Waals surface area (Å²) in [6.45, 7) is 3.68. The molecule has 0 saturated heterocycles. The summed E-state index contributed by atoms with van der Waals surface area (Å²) in [5, 5.41) is 12.5. The molecule has 25 heavy (non-hydrogen) atoms. The molecule has 0 aliphatic carbocycles. The molecule has 0 fully saturated rings. The number of aliphatic hydroxyl groups is 1. The van der Waals surface area contributed by atoms with E-state index in [2.05, 4.69) is 5.32 Å². The zero-order chi connectivity index (χ0) is 19.0. The third-order valence-electron chi connectivity index (χ3n) is 3.70. The molecule has 138 valence electrons. The summed E-state index contributed by atoms with van der Waals surface area (Å²) in [4.78, 5) is 11.2. The summed E-state index contributed by atoms with van der Waals surface area (Å²) in [6, 6.07) is 3.06. The number of aliphatic hydroxyl groups excluding tert-OH is 1. The highest BCUT2D eigenvalue weighted by Gasteiger charge is 2.40. The Hall–Kier alpha value is -2.03. The van der Waals surface area contributed by atoms with Crippen molar-refractivity contribution in [1.29, 1.82) is 0 Å². The average molecular weight is 377 g/mol. The molecule has 0 radical (unpaired) electrons. The van der Waals surface area contributed by atoms with Gasteiger partial charge in [0.05, 0.1) is 17.4 Å². The van der Waals surface area contributed by atoms with Crippen LogP contribution < -0.4 is 5.32 Å². The average Bonchev–Trinajstić information content (AvgIpc) is 2.72. The van der Waals surface area contributed by atoms with Crippen molar-refractivity contribution in [3.63, 3.8) is 0 Å². The highest BCUT2D eigenvalue weighted by atomic mass is 32.2. The molecule has 2 N–H and O–H groups in total. The van der Waals surface area contributed by atoms with Gasteiger partial charge < -0.3 is 10.4 Å². The van der Waals surface area contributed by atoms with Crippen molar-refractivity contribution in [2.75, 3.05) is 0 Å². The summed E-state index contributed by atoms with van der Waals surface area (Å²) < 4.78 is 63.1. The third-order valence-corrected chi connectivity index (χ3v) is 5.43. The fraction of sp³-hybridized carbons (Fsp3) is 0.438. The number of benzene rings is 1. The molecular formula is C16H18F3NO4S. The van der Waals surface area contributed by atoms with Crippen molar-refractivity contribution in [3.05, 3.63) is 46.1 Å². The van der Waals surface area contributed by atoms with E-state index >= 15 is 0 Å². The van der Waals surface area contributed by atoms with E-state index in [9.17, 15) is 31.5 Å². The van der Waals surface area contributed by atoms with Crippen LogP contribution in [-0.4, -0.2) is 25.5 Å². The van der Waals surface area contributed by atoms with Crippen LogP contribution in [0.4, 0.5) is 13.2 Å². The molecule has 1 atom stereocenters. The molecule has 1 aromatic carbocycles. The SMILES string of the molecule is CC(C)CC1NC(=O)C(S(=O)(=O)Cc2cccc(C(F)(F)F)c2)=C1O. The lowest BCUT2D eigenvalue weighted by atomic mass is 10.0. The molecule has 9 heteroatoms. The highest BCUT2D eigenvalue weighted by molar-refractivity contribution is 7.95. The Balaban J connectivity index is 2.33. The van der Waals surface area contributed by atoms with E-state index in [1.807, 2.05) is 13.8 Å². The first kappa shape index (κ1) is 19.3. The van der Waals surface area contributed by atoms with Crippen LogP contribution in [0, 0.1) is 5.92 Å². The number of nitrogens with one attached hydrogen (secondary N) is 1. The number of hydrogen-bond acceptors (Lipinski definition) is 4. The second-order valence-corrected chi connectivity index (χ2v) is 8.25. The molecule has 1 heterocycles. The van der Waals surface area contributed by atoms with E-state index < -0.39 is 49.9 Å². The molecule has 0 aromatic heterocycles. The van der Waals surface area contributed by atoms with E-state index in [1.165, 1.54) is 6.07 Å². The number of amides is 1. The smallest absolute Gasteiger partial charge is 0.416 e. The van der Waals surface area contributed by atoms with Crippen LogP contribution in [0.3, 0.4) is 0 Å². The summed E-state index contributed by atoms with van der Waals surface area (Å²) in [6.07, 6.45) is -4.26. The Morgan fingerprint density at radius 1 is 1.28 bits per heavy atom. The molecule has 1 aromatic rings. The van der Waals surface area contributed by atoms with Gasteiger partial charge >= 0.3 is 6.18 Å². The Labute approximate surface area is 143 Å². The highest BCUT2D eigenvalue weighted by Crippen LogP contribution is 2.31. The minimum atomic E-state index is -4.60. The van der Waals surface area contributed by atoms with Crippen molar-refractivity contribution < 1.29 is 31.5 Å². The van der Waals surface area contributed by atoms with Crippen molar-refractivity contribution in [1.82, 2.24) is 5.32 Å². The number of carbonyl (C=O) groups is 1. The Morgan fingerprint density at radius 2 is 1.92 bits per heavy atom. The number of carbonyl (C=O) groups excluding carboxylic acids is 1. The van der Waals surface area contributed by atoms with Crippen LogP contribution in [0.1, 0.15) is 31.4 Å². The molecule has 0 spiro atoms. The minimum absolute atomic E-state index is 0.0953. The standard InChI is InChI=1S/C16H18F3NO4S/c1-9(2)6-12-13(21)14(15(22)20-12)25(23,24)8-10-4-3-5-11(7-10)16(17,18)19/h3-5,7,9,12,21H,6,8H2,1-2H3,(H,20,22). The predicted molar refractivity (Wildman–Crippen MR) is 85.1 cm³/mol. The number of alkyl halides is 3. The second kappa shape index (κ2) is 6.70. The maximum absolute atomic E-state index is 12.7. The van der Waals surface area contributed by atoms with Crippen LogP contribution in [0.2, 0.25) is 0 Å². The van der Waals surface area contributed by atoms with Gasteiger partial charge in [-0.15, -0.1) is 0 Å². The summed E-state index contributed by atoms with van der Waals surface area (Å²) >= 11 is 0. The van der Waals surface area contributed by atoms with Gasteiger partial charge in [-0.1, -0.05) is 32.0 Å². The summed E-state index contributed by atoms with van der Waals surface area (Å²) in [7, 11) is -4.29. The lowest BCUT2D eigenvalue weighted by Crippen LogP contribution is -2.30. The van der Waals surface area contributed by atoms with Gasteiger partial charge in [0.2, 0.25) is 0 Å². The van der Waals surface area contributed by atoms with Gasteiger partial charge in [0.1, 0.15) is 5.76 Å². The number of rotatable bonds is 5. The third kappa shape index (κ3) is 4.33. The van der Waals surface area contributed by atoms with Crippen molar-refractivity contribution in [2.45, 2.75) is 38.2 Å². The fourth-order valence-electron chi connectivity index (χ4n) is 2.64. The molecule has 1 amide bonds. The maximum atomic E-state index is 12.7. The molecule has 1 aliphatic heterocycles. The molecule has 2 rings (SSSR count). The van der Waals surface area contributed by atoms with Crippen molar-refractivity contribution in [2.24, 2.45) is 5.92 Å². The van der Waals surface area contributed by atoms with E-state index in [1.54, 1.807) is 0 Å². The minimum Gasteiger partial charge on any atom is -0.509 e. The molecular weight excluding hydrogens is 359 g/mol. The Kier molecular flexibility index (Phi) is 5.17. The summed E-state index contributed by atoms with van der Waals surface area (Å²) in [5.74, 6) is -2.23. The van der Waals surface area contributed by atoms with Gasteiger partial charge in [-0.3, -0.25) is 4.79 Å². The molecule has 1 aliphatic rings. The first-order valence-corrected chi connectivity index (χ1v) is 9.20. The van der Waals surface area contributed by atoms with Gasteiger partial charge in [-0.2, -0.15) is 13.2 Å². The zero-order valence-corrected chi connectivity index (χ0v) is 14.4. The van der Waals surface area contributed by atoms with Crippen LogP contribution >= 0.6 is 0 Å². The summed E-state index contributed by atoms with van der Waals surface area (Å²) in [5.41, 5.74) is -1.10. The second-order valence-electron chi connectivity index (χ2n) is 6.33. The van der Waals surface area contributed by atoms with Gasteiger partial charge in [0, 0.05) is 0 Å². The van der Waals surface area contributed by atoms with Gasteiger partial charge in [-0.05, 0) is 24.0 Å². The normalized spacial score (nSPS) is 18.8. The Morgan fingerprint density at radius 3 is 2.48 bits per heavy atom. The molecule has 1 unspecified atom stereocenters. The van der Waals surface area contributed by atoms with Crippen molar-refractivity contribution >= 4 is 15.7 Å². The molecule has 5 nitrogen and oxygen atoms in total. The van der Waals surface area contributed by atoms with E-state index in [-0.39, 0.29) is 11.5 Å². The van der Waals surface area contributed by atoms with Crippen LogP contribution in [0.5, 0.6) is 0 Å². The first-order chi connectivity index (χ1) is 11.4. The largest absolute Gasteiger partial charge is 0.509 e.